The lowest BCUT2D eigenvalue weighted by Gasteiger charge is -2.56. The van der Waals surface area contributed by atoms with E-state index < -0.39 is 17.6 Å². The largest absolute Gasteiger partial charge is 0.435 e. The number of nitrogens with zero attached hydrogens (tertiary/aromatic N) is 2. The maximum atomic E-state index is 12.9. The average Bonchev–Trinajstić information content (AvgIpc) is 2.88. The molecule has 0 amide bonds. The van der Waals surface area contributed by atoms with Crippen molar-refractivity contribution in [3.8, 4) is 5.75 Å². The van der Waals surface area contributed by atoms with E-state index in [9.17, 15) is 13.0 Å². The van der Waals surface area contributed by atoms with Crippen molar-refractivity contribution in [3.05, 3.63) is 24.3 Å². The highest BCUT2D eigenvalue weighted by Crippen LogP contribution is 2.51. The van der Waals surface area contributed by atoms with Gasteiger partial charge in [-0.15, -0.1) is 0 Å². The molecule has 4 rings (SSSR count). The van der Waals surface area contributed by atoms with Crippen LogP contribution in [0.1, 0.15) is 39.5 Å². The van der Waals surface area contributed by atoms with Crippen molar-refractivity contribution in [2.24, 2.45) is 5.41 Å². The van der Waals surface area contributed by atoms with Crippen LogP contribution in [0.3, 0.4) is 0 Å². The predicted octanol–water partition coefficient (Wildman–Crippen LogP) is 3.66. The van der Waals surface area contributed by atoms with Crippen molar-refractivity contribution < 1.29 is 22.5 Å². The van der Waals surface area contributed by atoms with Gasteiger partial charge in [-0.25, -0.2) is 8.51 Å². The zero-order valence-corrected chi connectivity index (χ0v) is 18.1. The molecule has 1 aromatic carbocycles. The number of piperidine rings is 1. The van der Waals surface area contributed by atoms with Crippen LogP contribution in [-0.4, -0.2) is 64.5 Å². The summed E-state index contributed by atoms with van der Waals surface area (Å²) >= 11 is 0. The summed E-state index contributed by atoms with van der Waals surface area (Å²) in [6.07, 6.45) is 4.78. The molecule has 0 radical (unpaired) electrons. The second kappa shape index (κ2) is 7.87. The summed E-state index contributed by atoms with van der Waals surface area (Å²) < 4.78 is 49.4. The van der Waals surface area contributed by atoms with Gasteiger partial charge >= 0.3 is 6.61 Å². The number of fused-ring (bicyclic) bond motifs is 2. The van der Waals surface area contributed by atoms with E-state index in [-0.39, 0.29) is 16.8 Å². The van der Waals surface area contributed by atoms with Crippen LogP contribution in [0, 0.1) is 5.41 Å². The maximum absolute atomic E-state index is 12.9. The van der Waals surface area contributed by atoms with E-state index in [0.717, 1.165) is 32.5 Å². The topological polar surface area (TPSA) is 42.0 Å². The van der Waals surface area contributed by atoms with Gasteiger partial charge in [0.05, 0.1) is 10.5 Å². The van der Waals surface area contributed by atoms with Crippen LogP contribution in [0.25, 0.3) is 0 Å². The number of halogens is 2. The van der Waals surface area contributed by atoms with Crippen molar-refractivity contribution in [2.45, 2.75) is 68.7 Å². The van der Waals surface area contributed by atoms with Gasteiger partial charge in [0.1, 0.15) is 16.7 Å². The Morgan fingerprint density at radius 3 is 2.28 bits per heavy atom. The molecule has 3 saturated heterocycles. The monoisotopic (exact) mass is 428 g/mol. The van der Waals surface area contributed by atoms with Crippen LogP contribution in [0.5, 0.6) is 5.75 Å². The lowest BCUT2D eigenvalue weighted by atomic mass is 9.70. The molecular weight excluding hydrogens is 398 g/mol. The number of ether oxygens (including phenoxy) is 2. The van der Waals surface area contributed by atoms with Crippen LogP contribution in [0.15, 0.2) is 29.2 Å². The third-order valence-corrected chi connectivity index (χ3v) is 8.14. The molecule has 1 spiro atoms. The lowest BCUT2D eigenvalue weighted by Crippen LogP contribution is -2.63. The smallest absolute Gasteiger partial charge is 0.387 e. The van der Waals surface area contributed by atoms with E-state index in [2.05, 4.69) is 23.5 Å². The van der Waals surface area contributed by atoms with Crippen molar-refractivity contribution in [1.29, 1.82) is 0 Å². The van der Waals surface area contributed by atoms with Gasteiger partial charge < -0.3 is 9.47 Å². The highest BCUT2D eigenvalue weighted by Gasteiger charge is 2.55. The quantitative estimate of drug-likeness (QED) is 0.665. The van der Waals surface area contributed by atoms with Crippen molar-refractivity contribution >= 4 is 11.0 Å². The molecule has 0 aliphatic carbocycles. The predicted molar refractivity (Wildman–Crippen MR) is 107 cm³/mol. The van der Waals surface area contributed by atoms with E-state index in [1.54, 1.807) is 19.2 Å². The minimum atomic E-state index is -2.85. The van der Waals surface area contributed by atoms with E-state index in [0.29, 0.717) is 17.0 Å². The fraction of sp³-hybridized carbons (Fsp3) is 0.714. The maximum Gasteiger partial charge on any atom is 0.387 e. The van der Waals surface area contributed by atoms with Gasteiger partial charge in [-0.05, 0) is 63.8 Å². The molecule has 3 atom stereocenters. The molecule has 162 valence electrons. The number of hydrogen-bond donors (Lipinski definition) is 0. The molecule has 5 nitrogen and oxygen atoms in total. The number of alkyl halides is 2. The number of rotatable bonds is 7. The molecule has 3 aliphatic rings. The Morgan fingerprint density at radius 1 is 1.17 bits per heavy atom. The molecule has 3 aliphatic heterocycles. The first-order valence-electron chi connectivity index (χ1n) is 10.2. The second-order valence-electron chi connectivity index (χ2n) is 9.33. The minimum Gasteiger partial charge on any atom is -0.435 e. The van der Waals surface area contributed by atoms with Gasteiger partial charge in [-0.2, -0.15) is 8.78 Å². The Labute approximate surface area is 173 Å². The standard InChI is InChI=1S/C21H30F2N2O3S/c1-20(2,27-3)12-25-15-4-5-16(25)11-21(10-15)13-24(14-21)29(26)18-8-6-17(7-9-18)28-19(22)23/h6-9,15-16,19H,4-5,10-14H2,1-3H3. The summed E-state index contributed by atoms with van der Waals surface area (Å²) in [5.74, 6) is 0.0868. The summed E-state index contributed by atoms with van der Waals surface area (Å²) in [4.78, 5) is 3.26. The molecule has 1 aromatic rings. The normalized spacial score (nSPS) is 27.9. The van der Waals surface area contributed by atoms with Crippen LogP contribution in [0.4, 0.5) is 8.78 Å². The van der Waals surface area contributed by atoms with Crippen LogP contribution in [-0.2, 0) is 15.7 Å². The van der Waals surface area contributed by atoms with Crippen molar-refractivity contribution in [3.63, 3.8) is 0 Å². The van der Waals surface area contributed by atoms with Crippen LogP contribution in [0.2, 0.25) is 0 Å². The highest BCUT2D eigenvalue weighted by atomic mass is 32.2. The Hall–Kier alpha value is -1.09. The molecule has 8 heteroatoms. The van der Waals surface area contributed by atoms with Gasteiger partial charge in [0.2, 0.25) is 0 Å². The number of benzene rings is 1. The van der Waals surface area contributed by atoms with E-state index in [4.69, 9.17) is 4.74 Å². The first-order valence-corrected chi connectivity index (χ1v) is 11.3. The summed E-state index contributed by atoms with van der Waals surface area (Å²) in [5.41, 5.74) is 0.118. The first kappa shape index (κ1) is 21.2. The van der Waals surface area contributed by atoms with Crippen molar-refractivity contribution in [2.75, 3.05) is 26.7 Å². The van der Waals surface area contributed by atoms with E-state index >= 15 is 0 Å². The first-order chi connectivity index (χ1) is 13.7. The van der Waals surface area contributed by atoms with Crippen LogP contribution < -0.4 is 4.74 Å². The minimum absolute atomic E-state index is 0.0868. The molecule has 2 bridgehead atoms. The number of methoxy groups -OCH3 is 1. The SMILES string of the molecule is COC(C)(C)CN1C2CCC1CC1(C2)CN(S(=O)c2ccc(OC(F)F)cc2)C1. The zero-order chi connectivity index (χ0) is 20.8. The Balaban J connectivity index is 1.35. The number of hydrogen-bond acceptors (Lipinski definition) is 4. The van der Waals surface area contributed by atoms with Gasteiger partial charge in [0, 0.05) is 44.2 Å². The third-order valence-electron chi connectivity index (χ3n) is 6.73. The molecule has 3 heterocycles. The molecule has 3 unspecified atom stereocenters. The molecule has 3 fully saturated rings. The molecule has 0 N–H and O–H groups in total. The van der Waals surface area contributed by atoms with Crippen molar-refractivity contribution in [1.82, 2.24) is 9.21 Å². The zero-order valence-electron chi connectivity index (χ0n) is 17.3. The Bertz CT molecular complexity index is 737. The Kier molecular flexibility index (Phi) is 5.74. The fourth-order valence-corrected chi connectivity index (χ4v) is 6.71. The van der Waals surface area contributed by atoms with Gasteiger partial charge in [0.15, 0.2) is 0 Å². The summed E-state index contributed by atoms with van der Waals surface area (Å²) in [6, 6.07) is 7.29. The van der Waals surface area contributed by atoms with Gasteiger partial charge in [0.25, 0.3) is 0 Å². The van der Waals surface area contributed by atoms with E-state index in [1.165, 1.54) is 25.0 Å². The molecule has 0 saturated carbocycles. The molecule has 29 heavy (non-hydrogen) atoms. The van der Waals surface area contributed by atoms with Gasteiger partial charge in [-0.3, -0.25) is 4.90 Å². The lowest BCUT2D eigenvalue weighted by molar-refractivity contribution is -0.0712. The average molecular weight is 429 g/mol. The summed E-state index contributed by atoms with van der Waals surface area (Å²) in [7, 11) is 0.515. The highest BCUT2D eigenvalue weighted by molar-refractivity contribution is 7.82. The summed E-state index contributed by atoms with van der Waals surface area (Å²) in [6.45, 7) is 4.06. The van der Waals surface area contributed by atoms with Crippen LogP contribution >= 0.6 is 0 Å². The molecular formula is C21H30F2N2O3S. The second-order valence-corrected chi connectivity index (χ2v) is 10.8. The Morgan fingerprint density at radius 2 is 1.76 bits per heavy atom. The molecule has 0 aromatic heterocycles. The van der Waals surface area contributed by atoms with Gasteiger partial charge in [-0.1, -0.05) is 0 Å². The van der Waals surface area contributed by atoms with E-state index in [1.807, 2.05) is 4.31 Å². The summed E-state index contributed by atoms with van der Waals surface area (Å²) in [5, 5.41) is 0. The third kappa shape index (κ3) is 4.36. The fourth-order valence-electron chi connectivity index (χ4n) is 5.26.